The first-order chi connectivity index (χ1) is 14.6. The molecule has 8 heteroatoms. The summed E-state index contributed by atoms with van der Waals surface area (Å²) in [5.74, 6) is 0.386. The highest BCUT2D eigenvalue weighted by Crippen LogP contribution is 2.35. The van der Waals surface area contributed by atoms with Crippen LogP contribution in [0.25, 0.3) is 26.4 Å². The lowest BCUT2D eigenvalue weighted by Crippen LogP contribution is -2.18. The molecule has 1 unspecified atom stereocenters. The van der Waals surface area contributed by atoms with E-state index in [0.29, 0.717) is 28.5 Å². The van der Waals surface area contributed by atoms with Crippen LogP contribution in [0.1, 0.15) is 28.3 Å². The molecule has 154 valence electrons. The highest BCUT2D eigenvalue weighted by molar-refractivity contribution is 7.23. The van der Waals surface area contributed by atoms with Crippen LogP contribution in [0.15, 0.2) is 36.5 Å². The Bertz CT molecular complexity index is 1270. The van der Waals surface area contributed by atoms with Gasteiger partial charge in [0, 0.05) is 31.4 Å². The molecule has 1 fully saturated rings. The zero-order valence-electron chi connectivity index (χ0n) is 16.7. The molecule has 1 aliphatic heterocycles. The van der Waals surface area contributed by atoms with Crippen LogP contribution in [0.2, 0.25) is 0 Å². The monoisotopic (exact) mass is 424 g/mol. The second-order valence-electron chi connectivity index (χ2n) is 7.41. The molecule has 0 radical (unpaired) electrons. The van der Waals surface area contributed by atoms with Crippen LogP contribution in [0.4, 0.5) is 4.39 Å². The number of thiazole rings is 1. The van der Waals surface area contributed by atoms with Crippen LogP contribution in [-0.4, -0.2) is 42.5 Å². The quantitative estimate of drug-likeness (QED) is 0.523. The molecule has 1 atom stereocenters. The molecule has 6 nitrogen and oxygen atoms in total. The van der Waals surface area contributed by atoms with Crippen molar-refractivity contribution in [2.75, 3.05) is 27.2 Å². The fourth-order valence-corrected chi connectivity index (χ4v) is 5.10. The predicted molar refractivity (Wildman–Crippen MR) is 116 cm³/mol. The highest BCUT2D eigenvalue weighted by Gasteiger charge is 2.20. The maximum Gasteiger partial charge on any atom is 0.254 e. The van der Waals surface area contributed by atoms with Gasteiger partial charge in [-0.2, -0.15) is 0 Å². The van der Waals surface area contributed by atoms with E-state index in [1.165, 1.54) is 18.4 Å². The number of aromatic nitrogens is 2. The number of imidazole rings is 1. The number of fused-ring (bicyclic) bond motifs is 3. The molecule has 3 heterocycles. The van der Waals surface area contributed by atoms with Crippen LogP contribution >= 0.6 is 11.3 Å². The van der Waals surface area contributed by atoms with Gasteiger partial charge in [0.15, 0.2) is 4.96 Å². The molecule has 0 saturated carbocycles. The van der Waals surface area contributed by atoms with Crippen molar-refractivity contribution in [1.82, 2.24) is 20.0 Å². The molecule has 5 rings (SSSR count). The summed E-state index contributed by atoms with van der Waals surface area (Å²) in [6.07, 6.45) is 2.87. The topological polar surface area (TPSA) is 67.7 Å². The third-order valence-electron chi connectivity index (χ3n) is 5.69. The average molecular weight is 425 g/mol. The van der Waals surface area contributed by atoms with E-state index in [1.54, 1.807) is 19.2 Å². The third-order valence-corrected chi connectivity index (χ3v) is 6.71. The van der Waals surface area contributed by atoms with Crippen molar-refractivity contribution in [2.24, 2.45) is 0 Å². The zero-order valence-corrected chi connectivity index (χ0v) is 17.5. The molecule has 2 N–H and O–H groups in total. The predicted octanol–water partition coefficient (Wildman–Crippen LogP) is 3.80. The molecule has 0 spiro atoms. The summed E-state index contributed by atoms with van der Waals surface area (Å²) in [6, 6.07) is 9.08. The number of rotatable bonds is 4. The van der Waals surface area contributed by atoms with E-state index in [4.69, 9.17) is 4.74 Å². The summed E-state index contributed by atoms with van der Waals surface area (Å²) in [4.78, 5) is 17.5. The Balaban J connectivity index is 1.57. The minimum absolute atomic E-state index is 0.208. The van der Waals surface area contributed by atoms with Crippen molar-refractivity contribution in [1.29, 1.82) is 0 Å². The van der Waals surface area contributed by atoms with E-state index < -0.39 is 0 Å². The number of carbonyl (C=O) groups is 1. The number of methoxy groups -OCH3 is 1. The van der Waals surface area contributed by atoms with E-state index in [-0.39, 0.29) is 11.7 Å². The molecule has 1 saturated heterocycles. The largest absolute Gasteiger partial charge is 0.496 e. The number of halogens is 1. The Morgan fingerprint density at radius 3 is 2.93 bits per heavy atom. The van der Waals surface area contributed by atoms with Crippen molar-refractivity contribution in [3.05, 3.63) is 53.5 Å². The van der Waals surface area contributed by atoms with Gasteiger partial charge < -0.3 is 15.4 Å². The highest BCUT2D eigenvalue weighted by atomic mass is 32.1. The van der Waals surface area contributed by atoms with Gasteiger partial charge >= 0.3 is 0 Å². The molecule has 30 heavy (non-hydrogen) atoms. The Morgan fingerprint density at radius 2 is 2.23 bits per heavy atom. The van der Waals surface area contributed by atoms with E-state index >= 15 is 0 Å². The first-order valence-electron chi connectivity index (χ1n) is 9.81. The molecule has 1 amide bonds. The first-order valence-corrected chi connectivity index (χ1v) is 10.6. The van der Waals surface area contributed by atoms with Crippen molar-refractivity contribution in [2.45, 2.75) is 12.3 Å². The molecule has 0 aliphatic carbocycles. The number of carbonyl (C=O) groups excluding carboxylic acids is 1. The number of benzene rings is 2. The third kappa shape index (κ3) is 3.03. The van der Waals surface area contributed by atoms with Crippen LogP contribution in [-0.2, 0) is 0 Å². The summed E-state index contributed by atoms with van der Waals surface area (Å²) in [6.45, 7) is 1.87. The minimum atomic E-state index is -0.256. The van der Waals surface area contributed by atoms with Gasteiger partial charge in [-0.15, -0.1) is 0 Å². The second kappa shape index (κ2) is 7.37. The van der Waals surface area contributed by atoms with Gasteiger partial charge in [-0.3, -0.25) is 9.20 Å². The van der Waals surface area contributed by atoms with Gasteiger partial charge in [0.2, 0.25) is 0 Å². The lowest BCUT2D eigenvalue weighted by atomic mass is 9.96. The van der Waals surface area contributed by atoms with Crippen molar-refractivity contribution in [3.8, 4) is 17.0 Å². The molecular formula is C22H21FN4O2S. The molecule has 0 bridgehead atoms. The smallest absolute Gasteiger partial charge is 0.254 e. The molecule has 2 aromatic carbocycles. The van der Waals surface area contributed by atoms with Gasteiger partial charge in [-0.05, 0) is 42.6 Å². The number of amides is 1. The maximum absolute atomic E-state index is 14.9. The van der Waals surface area contributed by atoms with Gasteiger partial charge in [0.25, 0.3) is 5.91 Å². The van der Waals surface area contributed by atoms with E-state index in [9.17, 15) is 9.18 Å². The van der Waals surface area contributed by atoms with Crippen LogP contribution < -0.4 is 15.4 Å². The second-order valence-corrected chi connectivity index (χ2v) is 8.42. The first kappa shape index (κ1) is 19.0. The fourth-order valence-electron chi connectivity index (χ4n) is 4.07. The van der Waals surface area contributed by atoms with E-state index in [2.05, 4.69) is 15.6 Å². The van der Waals surface area contributed by atoms with Crippen molar-refractivity contribution < 1.29 is 13.9 Å². The van der Waals surface area contributed by atoms with Gasteiger partial charge in [0.05, 0.1) is 28.6 Å². The average Bonchev–Trinajstić information content (AvgIpc) is 3.48. The van der Waals surface area contributed by atoms with Crippen LogP contribution in [0, 0.1) is 5.82 Å². The number of hydrogen-bond donors (Lipinski definition) is 2. The van der Waals surface area contributed by atoms with Crippen molar-refractivity contribution in [3.63, 3.8) is 0 Å². The molecule has 4 aromatic rings. The lowest BCUT2D eigenvalue weighted by Gasteiger charge is -2.10. The molecule has 2 aromatic heterocycles. The van der Waals surface area contributed by atoms with Crippen LogP contribution in [0.3, 0.4) is 0 Å². The number of ether oxygens (including phenoxy) is 1. The summed E-state index contributed by atoms with van der Waals surface area (Å²) in [5.41, 5.74) is 3.44. The number of nitrogens with one attached hydrogen (secondary N) is 2. The van der Waals surface area contributed by atoms with Gasteiger partial charge in [-0.25, -0.2) is 9.37 Å². The maximum atomic E-state index is 14.9. The number of hydrogen-bond acceptors (Lipinski definition) is 5. The normalized spacial score (nSPS) is 16.4. The lowest BCUT2D eigenvalue weighted by molar-refractivity contribution is 0.0960. The number of nitrogens with zero attached hydrogens (tertiary/aromatic N) is 2. The molecular weight excluding hydrogens is 403 g/mol. The fraction of sp³-hybridized carbons (Fsp3) is 0.273. The minimum Gasteiger partial charge on any atom is -0.496 e. The Kier molecular flexibility index (Phi) is 4.67. The van der Waals surface area contributed by atoms with E-state index in [1.807, 2.05) is 28.8 Å². The summed E-state index contributed by atoms with van der Waals surface area (Å²) < 4.78 is 23.1. The Labute approximate surface area is 176 Å². The van der Waals surface area contributed by atoms with Gasteiger partial charge in [0.1, 0.15) is 11.6 Å². The summed E-state index contributed by atoms with van der Waals surface area (Å²) in [5, 5.41) is 5.95. The standard InChI is InChI=1S/C22H21FN4O2S/c1-24-21(28)15-8-20-18(9-19(15)29-2)27-11-17(26-22(27)30-20)14-4-3-12(7-16(14)23)13-5-6-25-10-13/h3-4,7-9,11,13,25H,5-6,10H2,1-2H3,(H,24,28). The van der Waals surface area contributed by atoms with E-state index in [0.717, 1.165) is 40.3 Å². The van der Waals surface area contributed by atoms with Crippen molar-refractivity contribution >= 4 is 32.4 Å². The summed E-state index contributed by atoms with van der Waals surface area (Å²) in [7, 11) is 3.12. The SMILES string of the molecule is CNC(=O)c1cc2sc3nc(-c4ccc(C5CCNC5)cc4F)cn3c2cc1OC. The van der Waals surface area contributed by atoms with Crippen LogP contribution in [0.5, 0.6) is 5.75 Å². The zero-order chi connectivity index (χ0) is 20.8. The Hall–Kier alpha value is -2.97. The Morgan fingerprint density at radius 1 is 1.37 bits per heavy atom. The summed E-state index contributed by atoms with van der Waals surface area (Å²) >= 11 is 1.45. The van der Waals surface area contributed by atoms with Gasteiger partial charge in [-0.1, -0.05) is 17.4 Å². The molecule has 1 aliphatic rings.